The fraction of sp³-hybridized carbons (Fsp3) is 0.357. The van der Waals surface area contributed by atoms with Crippen LogP contribution < -0.4 is 5.32 Å². The van der Waals surface area contributed by atoms with Crippen LogP contribution in [-0.4, -0.2) is 35.7 Å². The first-order valence-electron chi connectivity index (χ1n) is 17.2. The highest BCUT2D eigenvalue weighted by Gasteiger charge is 2.58. The predicted octanol–water partition coefficient (Wildman–Crippen LogP) is 7.36. The summed E-state index contributed by atoms with van der Waals surface area (Å²) in [6, 6.07) is 39.5. The van der Waals surface area contributed by atoms with E-state index in [1.54, 1.807) is 4.90 Å². The summed E-state index contributed by atoms with van der Waals surface area (Å²) in [6.45, 7) is 1.09. The van der Waals surface area contributed by atoms with Crippen LogP contribution in [0.25, 0.3) is 0 Å². The van der Waals surface area contributed by atoms with Gasteiger partial charge in [-0.25, -0.2) is 0 Å². The summed E-state index contributed by atoms with van der Waals surface area (Å²) in [5, 5.41) is 3.43. The Balaban J connectivity index is 1.12. The molecule has 8 rings (SSSR count). The minimum atomic E-state index is -0.373. The minimum Gasteiger partial charge on any atom is -0.355 e. The average molecular weight is 625 g/mol. The molecule has 0 spiro atoms. The Hall–Kier alpha value is -4.51. The normalized spacial score (nSPS) is 24.2. The van der Waals surface area contributed by atoms with Gasteiger partial charge >= 0.3 is 0 Å². The zero-order valence-electron chi connectivity index (χ0n) is 27.0. The summed E-state index contributed by atoms with van der Waals surface area (Å²) in [6.07, 6.45) is 6.86. The Kier molecular flexibility index (Phi) is 8.81. The quantitative estimate of drug-likeness (QED) is 0.190. The molecule has 5 nitrogen and oxygen atoms in total. The van der Waals surface area contributed by atoms with Gasteiger partial charge in [0.2, 0.25) is 17.7 Å². The lowest BCUT2D eigenvalue weighted by atomic mass is 9.44. The van der Waals surface area contributed by atoms with Crippen LogP contribution in [0.2, 0.25) is 0 Å². The van der Waals surface area contributed by atoms with Gasteiger partial charge in [0, 0.05) is 13.1 Å². The maximum atomic E-state index is 14.0. The van der Waals surface area contributed by atoms with Gasteiger partial charge in [0.1, 0.15) is 0 Å². The summed E-state index contributed by atoms with van der Waals surface area (Å²) in [5.41, 5.74) is 3.68. The van der Waals surface area contributed by atoms with Crippen LogP contribution in [0.1, 0.15) is 66.7 Å². The molecule has 4 saturated carbocycles. The standard InChI is InChI=1S/C42H44N2O3/c45-37(22-31-13-5-1-6-14-31)44(38(46)23-32-15-7-2-8-16-32)30-42-26-33-21-34(27-42)25-41(24-33,28-42)29-43-40(47)39(35-17-9-3-10-18-35)36-19-11-4-12-20-36/h1-20,33-34,39H,21-30H2,(H,43,47). The summed E-state index contributed by atoms with van der Waals surface area (Å²) in [4.78, 5) is 43.5. The molecule has 0 heterocycles. The molecule has 47 heavy (non-hydrogen) atoms. The van der Waals surface area contributed by atoms with E-state index < -0.39 is 0 Å². The Morgan fingerprint density at radius 1 is 0.617 bits per heavy atom. The van der Waals surface area contributed by atoms with Gasteiger partial charge in [0.15, 0.2) is 0 Å². The smallest absolute Gasteiger partial charge is 0.233 e. The lowest BCUT2D eigenvalue weighted by Gasteiger charge is -2.63. The van der Waals surface area contributed by atoms with E-state index >= 15 is 0 Å². The third-order valence-corrected chi connectivity index (χ3v) is 11.0. The Morgan fingerprint density at radius 2 is 1.04 bits per heavy atom. The molecule has 3 amide bonds. The van der Waals surface area contributed by atoms with E-state index in [4.69, 9.17) is 0 Å². The van der Waals surface area contributed by atoms with E-state index in [2.05, 4.69) is 5.32 Å². The van der Waals surface area contributed by atoms with Crippen molar-refractivity contribution in [2.75, 3.05) is 13.1 Å². The van der Waals surface area contributed by atoms with Crippen molar-refractivity contribution in [3.05, 3.63) is 144 Å². The van der Waals surface area contributed by atoms with Crippen molar-refractivity contribution in [2.45, 2.75) is 57.3 Å². The van der Waals surface area contributed by atoms with Crippen molar-refractivity contribution in [3.8, 4) is 0 Å². The zero-order chi connectivity index (χ0) is 32.3. The number of benzene rings is 4. The second kappa shape index (κ2) is 13.3. The van der Waals surface area contributed by atoms with E-state index in [-0.39, 0.29) is 47.3 Å². The van der Waals surface area contributed by atoms with Crippen LogP contribution in [0, 0.1) is 22.7 Å². The van der Waals surface area contributed by atoms with Gasteiger partial charge < -0.3 is 5.32 Å². The second-order valence-corrected chi connectivity index (χ2v) is 14.6. The van der Waals surface area contributed by atoms with Crippen molar-refractivity contribution in [2.24, 2.45) is 22.7 Å². The molecule has 0 aliphatic heterocycles. The lowest BCUT2D eigenvalue weighted by molar-refractivity contribution is -0.156. The van der Waals surface area contributed by atoms with Crippen molar-refractivity contribution in [3.63, 3.8) is 0 Å². The van der Waals surface area contributed by atoms with Crippen molar-refractivity contribution < 1.29 is 14.4 Å². The number of nitrogens with zero attached hydrogens (tertiary/aromatic N) is 1. The maximum absolute atomic E-state index is 14.0. The molecule has 5 heteroatoms. The molecule has 4 aliphatic carbocycles. The van der Waals surface area contributed by atoms with Gasteiger partial charge in [0.05, 0.1) is 18.8 Å². The highest BCUT2D eigenvalue weighted by molar-refractivity contribution is 5.97. The van der Waals surface area contributed by atoms with E-state index in [1.165, 1.54) is 6.42 Å². The third-order valence-electron chi connectivity index (χ3n) is 11.0. The first-order chi connectivity index (χ1) is 22.9. The van der Waals surface area contributed by atoms with Crippen LogP contribution in [-0.2, 0) is 27.2 Å². The molecule has 240 valence electrons. The number of nitrogens with one attached hydrogen (secondary N) is 1. The Labute approximate surface area is 278 Å². The molecular formula is C42H44N2O3. The number of imide groups is 1. The van der Waals surface area contributed by atoms with Crippen LogP contribution >= 0.6 is 0 Å². The highest BCUT2D eigenvalue weighted by Crippen LogP contribution is 2.65. The fourth-order valence-electron chi connectivity index (χ4n) is 9.59. The molecule has 0 radical (unpaired) electrons. The molecular weight excluding hydrogens is 580 g/mol. The van der Waals surface area contributed by atoms with E-state index in [9.17, 15) is 14.4 Å². The van der Waals surface area contributed by atoms with Crippen LogP contribution in [0.15, 0.2) is 121 Å². The summed E-state index contributed by atoms with van der Waals surface area (Å²) >= 11 is 0. The van der Waals surface area contributed by atoms with E-state index in [0.29, 0.717) is 24.9 Å². The largest absolute Gasteiger partial charge is 0.355 e. The summed E-state index contributed by atoms with van der Waals surface area (Å²) in [7, 11) is 0. The van der Waals surface area contributed by atoms with Crippen LogP contribution in [0.4, 0.5) is 0 Å². The number of rotatable bonds is 11. The van der Waals surface area contributed by atoms with Gasteiger partial charge in [-0.15, -0.1) is 0 Å². The SMILES string of the molecule is O=C(NCC12CC3CC(C1)CC(CN(C(=O)Cc1ccccc1)C(=O)Cc1ccccc1)(C3)C2)C(c1ccccc1)c1ccccc1. The van der Waals surface area contributed by atoms with E-state index in [1.807, 2.05) is 121 Å². The molecule has 4 aliphatic rings. The van der Waals surface area contributed by atoms with Gasteiger partial charge in [0.25, 0.3) is 0 Å². The van der Waals surface area contributed by atoms with Gasteiger partial charge in [-0.3, -0.25) is 19.3 Å². The number of amides is 3. The fourth-order valence-corrected chi connectivity index (χ4v) is 9.59. The monoisotopic (exact) mass is 624 g/mol. The molecule has 0 aromatic heterocycles. The predicted molar refractivity (Wildman–Crippen MR) is 184 cm³/mol. The van der Waals surface area contributed by atoms with E-state index in [0.717, 1.165) is 54.4 Å². The zero-order valence-corrected chi connectivity index (χ0v) is 27.0. The number of carbonyl (C=O) groups is 3. The first kappa shape index (κ1) is 31.1. The summed E-state index contributed by atoms with van der Waals surface area (Å²) < 4.78 is 0. The lowest BCUT2D eigenvalue weighted by Crippen LogP contribution is -2.59. The number of hydrogen-bond acceptors (Lipinski definition) is 3. The molecule has 2 atom stereocenters. The van der Waals surface area contributed by atoms with Gasteiger partial charge in [-0.1, -0.05) is 121 Å². The molecule has 0 saturated heterocycles. The second-order valence-electron chi connectivity index (χ2n) is 14.6. The highest BCUT2D eigenvalue weighted by atomic mass is 16.2. The van der Waals surface area contributed by atoms with Crippen LogP contribution in [0.5, 0.6) is 0 Å². The maximum Gasteiger partial charge on any atom is 0.233 e. The summed E-state index contributed by atoms with van der Waals surface area (Å²) in [5.74, 6) is 0.532. The molecule has 4 fully saturated rings. The van der Waals surface area contributed by atoms with Gasteiger partial charge in [-0.2, -0.15) is 0 Å². The first-order valence-corrected chi connectivity index (χ1v) is 17.2. The third kappa shape index (κ3) is 6.95. The van der Waals surface area contributed by atoms with Crippen molar-refractivity contribution in [1.82, 2.24) is 10.2 Å². The van der Waals surface area contributed by atoms with Gasteiger partial charge in [-0.05, 0) is 83.4 Å². The molecule has 4 aromatic carbocycles. The molecule has 4 aromatic rings. The Morgan fingerprint density at radius 3 is 1.51 bits per heavy atom. The van der Waals surface area contributed by atoms with Crippen molar-refractivity contribution >= 4 is 17.7 Å². The molecule has 1 N–H and O–H groups in total. The molecule has 4 bridgehead atoms. The topological polar surface area (TPSA) is 66.5 Å². The van der Waals surface area contributed by atoms with Crippen molar-refractivity contribution in [1.29, 1.82) is 0 Å². The number of carbonyl (C=O) groups excluding carboxylic acids is 3. The van der Waals surface area contributed by atoms with Crippen LogP contribution in [0.3, 0.4) is 0 Å². The Bertz CT molecular complexity index is 1580. The molecule has 2 unspecified atom stereocenters. The average Bonchev–Trinajstić information content (AvgIpc) is 3.08. The number of hydrogen-bond donors (Lipinski definition) is 1. The minimum absolute atomic E-state index is 0.0195.